The number of H-pyrrole nitrogens is 1. The molecule has 2 heterocycles. The van der Waals surface area contributed by atoms with Crippen LogP contribution in [0.4, 0.5) is 5.69 Å². The van der Waals surface area contributed by atoms with Gasteiger partial charge in [0.15, 0.2) is 0 Å². The Hall–Kier alpha value is -1.81. The minimum absolute atomic E-state index is 0.0117. The van der Waals surface area contributed by atoms with Crippen molar-refractivity contribution in [1.29, 1.82) is 0 Å². The van der Waals surface area contributed by atoms with Gasteiger partial charge >= 0.3 is 0 Å². The number of β-amino-alcohol motifs (C(OH)–C–C–N with tert-alkyl or cyclic N) is 1. The molecular formula is C12H12N2O2. The van der Waals surface area contributed by atoms with E-state index in [4.69, 9.17) is 0 Å². The van der Waals surface area contributed by atoms with E-state index < -0.39 is 6.10 Å². The van der Waals surface area contributed by atoms with Gasteiger partial charge in [0.05, 0.1) is 19.1 Å². The summed E-state index contributed by atoms with van der Waals surface area (Å²) in [7, 11) is 0. The number of nitrogens with zero attached hydrogens (tertiary/aromatic N) is 1. The highest BCUT2D eigenvalue weighted by atomic mass is 16.3. The quantitative estimate of drug-likeness (QED) is 0.754. The van der Waals surface area contributed by atoms with Gasteiger partial charge in [-0.1, -0.05) is 0 Å². The first-order valence-electron chi connectivity index (χ1n) is 5.29. The Morgan fingerprint density at radius 2 is 2.25 bits per heavy atom. The summed E-state index contributed by atoms with van der Waals surface area (Å²) in [5.41, 5.74) is 1.91. The molecule has 1 saturated heterocycles. The van der Waals surface area contributed by atoms with Crippen LogP contribution in [0.25, 0.3) is 10.9 Å². The number of carbonyl (C=O) groups excluding carboxylic acids is 1. The Balaban J connectivity index is 2.02. The molecule has 1 aromatic heterocycles. The summed E-state index contributed by atoms with van der Waals surface area (Å²) in [5, 5.41) is 10.5. The van der Waals surface area contributed by atoms with E-state index in [2.05, 4.69) is 4.98 Å². The van der Waals surface area contributed by atoms with Gasteiger partial charge in [-0.05, 0) is 24.3 Å². The SMILES string of the molecule is O=C1CC(O)CN1c1ccc2[nH]ccc2c1. The predicted octanol–water partition coefficient (Wildman–Crippen LogP) is 1.27. The van der Waals surface area contributed by atoms with Gasteiger partial charge in [0, 0.05) is 22.8 Å². The van der Waals surface area contributed by atoms with E-state index in [-0.39, 0.29) is 12.3 Å². The Labute approximate surface area is 92.5 Å². The summed E-state index contributed by atoms with van der Waals surface area (Å²) in [6.45, 7) is 0.398. The molecule has 0 bridgehead atoms. The highest BCUT2D eigenvalue weighted by Crippen LogP contribution is 2.25. The van der Waals surface area contributed by atoms with E-state index in [1.54, 1.807) is 4.90 Å². The van der Waals surface area contributed by atoms with E-state index in [1.165, 1.54) is 0 Å². The third-order valence-electron chi connectivity index (χ3n) is 2.95. The Morgan fingerprint density at radius 1 is 1.38 bits per heavy atom. The van der Waals surface area contributed by atoms with Crippen molar-refractivity contribution in [3.63, 3.8) is 0 Å². The number of carbonyl (C=O) groups is 1. The van der Waals surface area contributed by atoms with Crippen molar-refractivity contribution >= 4 is 22.5 Å². The molecule has 1 fully saturated rings. The molecule has 4 heteroatoms. The van der Waals surface area contributed by atoms with Crippen LogP contribution >= 0.6 is 0 Å². The lowest BCUT2D eigenvalue weighted by atomic mass is 10.2. The van der Waals surface area contributed by atoms with Gasteiger partial charge in [-0.3, -0.25) is 4.79 Å². The predicted molar refractivity (Wildman–Crippen MR) is 61.3 cm³/mol. The molecular weight excluding hydrogens is 204 g/mol. The molecule has 1 unspecified atom stereocenters. The number of hydrogen-bond donors (Lipinski definition) is 2. The van der Waals surface area contributed by atoms with Crippen LogP contribution in [0.15, 0.2) is 30.5 Å². The monoisotopic (exact) mass is 216 g/mol. The molecule has 1 aromatic carbocycles. The first-order valence-corrected chi connectivity index (χ1v) is 5.29. The van der Waals surface area contributed by atoms with Crippen LogP contribution in [-0.2, 0) is 4.79 Å². The number of nitrogens with one attached hydrogen (secondary N) is 1. The summed E-state index contributed by atoms with van der Waals surface area (Å²) in [6.07, 6.45) is 1.56. The molecule has 1 amide bonds. The lowest BCUT2D eigenvalue weighted by Gasteiger charge is -2.15. The number of aliphatic hydroxyl groups is 1. The van der Waals surface area contributed by atoms with Gasteiger partial charge in [-0.2, -0.15) is 0 Å². The molecule has 16 heavy (non-hydrogen) atoms. The van der Waals surface area contributed by atoms with E-state index >= 15 is 0 Å². The summed E-state index contributed by atoms with van der Waals surface area (Å²) < 4.78 is 0. The van der Waals surface area contributed by atoms with Gasteiger partial charge in [0.25, 0.3) is 0 Å². The fourth-order valence-electron chi connectivity index (χ4n) is 2.15. The standard InChI is InChI=1S/C12H12N2O2/c15-10-6-12(16)14(7-10)9-1-2-11-8(5-9)3-4-13-11/h1-5,10,13,15H,6-7H2. The Morgan fingerprint density at radius 3 is 3.00 bits per heavy atom. The number of rotatable bonds is 1. The molecule has 1 aliphatic heterocycles. The molecule has 0 radical (unpaired) electrons. The van der Waals surface area contributed by atoms with Crippen molar-refractivity contribution in [3.8, 4) is 0 Å². The number of aromatic amines is 1. The fraction of sp³-hybridized carbons (Fsp3) is 0.250. The highest BCUT2D eigenvalue weighted by Gasteiger charge is 2.28. The van der Waals surface area contributed by atoms with Crippen LogP contribution in [0.2, 0.25) is 0 Å². The highest BCUT2D eigenvalue weighted by molar-refractivity contribution is 5.98. The summed E-state index contributed by atoms with van der Waals surface area (Å²) in [6, 6.07) is 7.77. The van der Waals surface area contributed by atoms with Crippen molar-refractivity contribution in [2.45, 2.75) is 12.5 Å². The molecule has 2 N–H and O–H groups in total. The van der Waals surface area contributed by atoms with Crippen LogP contribution in [0.1, 0.15) is 6.42 Å². The van der Waals surface area contributed by atoms with Crippen molar-refractivity contribution in [2.75, 3.05) is 11.4 Å². The van der Waals surface area contributed by atoms with Crippen LogP contribution in [0, 0.1) is 0 Å². The fourth-order valence-corrected chi connectivity index (χ4v) is 2.15. The second-order valence-electron chi connectivity index (χ2n) is 4.11. The third kappa shape index (κ3) is 1.39. The first kappa shape index (κ1) is 9.42. The van der Waals surface area contributed by atoms with Crippen molar-refractivity contribution in [1.82, 2.24) is 4.98 Å². The van der Waals surface area contributed by atoms with Crippen molar-refractivity contribution < 1.29 is 9.90 Å². The molecule has 82 valence electrons. The zero-order chi connectivity index (χ0) is 11.1. The Kier molecular flexibility index (Phi) is 1.97. The summed E-state index contributed by atoms with van der Waals surface area (Å²) in [5.74, 6) is -0.0117. The normalized spacial score (nSPS) is 20.9. The van der Waals surface area contributed by atoms with Gasteiger partial charge in [0.1, 0.15) is 0 Å². The maximum Gasteiger partial charge on any atom is 0.229 e. The second-order valence-corrected chi connectivity index (χ2v) is 4.11. The molecule has 0 aliphatic carbocycles. The minimum atomic E-state index is -0.533. The average Bonchev–Trinajstić information content (AvgIpc) is 2.83. The lowest BCUT2D eigenvalue weighted by Crippen LogP contribution is -2.25. The number of fused-ring (bicyclic) bond motifs is 1. The number of anilines is 1. The summed E-state index contributed by atoms with van der Waals surface area (Å²) in [4.78, 5) is 16.4. The first-order chi connectivity index (χ1) is 7.74. The van der Waals surface area contributed by atoms with Gasteiger partial charge in [-0.15, -0.1) is 0 Å². The van der Waals surface area contributed by atoms with Crippen molar-refractivity contribution in [2.24, 2.45) is 0 Å². The average molecular weight is 216 g/mol. The van der Waals surface area contributed by atoms with E-state index in [1.807, 2.05) is 30.5 Å². The maximum atomic E-state index is 11.6. The number of benzene rings is 1. The number of hydrogen-bond acceptors (Lipinski definition) is 2. The molecule has 4 nitrogen and oxygen atoms in total. The maximum absolute atomic E-state index is 11.6. The molecule has 0 saturated carbocycles. The van der Waals surface area contributed by atoms with E-state index in [9.17, 15) is 9.90 Å². The van der Waals surface area contributed by atoms with Crippen LogP contribution in [-0.4, -0.2) is 28.6 Å². The van der Waals surface area contributed by atoms with Gasteiger partial charge in [-0.25, -0.2) is 0 Å². The number of aliphatic hydroxyl groups excluding tert-OH is 1. The van der Waals surface area contributed by atoms with Crippen LogP contribution in [0.5, 0.6) is 0 Å². The number of aromatic nitrogens is 1. The third-order valence-corrected chi connectivity index (χ3v) is 2.95. The smallest absolute Gasteiger partial charge is 0.229 e. The molecule has 2 aromatic rings. The van der Waals surface area contributed by atoms with E-state index in [0.29, 0.717) is 6.54 Å². The zero-order valence-corrected chi connectivity index (χ0v) is 8.68. The summed E-state index contributed by atoms with van der Waals surface area (Å²) >= 11 is 0. The van der Waals surface area contributed by atoms with Crippen LogP contribution < -0.4 is 4.90 Å². The molecule has 1 atom stereocenters. The topological polar surface area (TPSA) is 56.3 Å². The van der Waals surface area contributed by atoms with Crippen molar-refractivity contribution in [3.05, 3.63) is 30.5 Å². The zero-order valence-electron chi connectivity index (χ0n) is 8.68. The lowest BCUT2D eigenvalue weighted by molar-refractivity contribution is -0.117. The second kappa shape index (κ2) is 3.35. The minimum Gasteiger partial charge on any atom is -0.391 e. The Bertz CT molecular complexity index is 547. The van der Waals surface area contributed by atoms with Gasteiger partial charge < -0.3 is 15.0 Å². The largest absolute Gasteiger partial charge is 0.391 e. The molecule has 1 aliphatic rings. The van der Waals surface area contributed by atoms with E-state index in [0.717, 1.165) is 16.6 Å². The van der Waals surface area contributed by atoms with Gasteiger partial charge in [0.2, 0.25) is 5.91 Å². The molecule has 0 spiro atoms. The number of amides is 1. The molecule has 3 rings (SSSR count). The van der Waals surface area contributed by atoms with Crippen LogP contribution in [0.3, 0.4) is 0 Å².